The monoisotopic (exact) mass is 289 g/mol. The van der Waals surface area contributed by atoms with E-state index in [1.807, 2.05) is 0 Å². The highest BCUT2D eigenvalue weighted by molar-refractivity contribution is 9.10. The first-order valence-electron chi connectivity index (χ1n) is 4.87. The fraction of sp³-hybridized carbons (Fsp3) is 0.364. The van der Waals surface area contributed by atoms with Crippen molar-refractivity contribution >= 4 is 21.7 Å². The number of hydrogen-bond donors (Lipinski definition) is 1. The van der Waals surface area contributed by atoms with Crippen molar-refractivity contribution in [1.82, 2.24) is 0 Å². The average molecular weight is 290 g/mol. The number of benzene rings is 1. The van der Waals surface area contributed by atoms with Crippen molar-refractivity contribution < 1.29 is 13.9 Å². The second-order valence-corrected chi connectivity index (χ2v) is 4.15. The van der Waals surface area contributed by atoms with E-state index < -0.39 is 0 Å². The van der Waals surface area contributed by atoms with Crippen molar-refractivity contribution in [2.45, 2.75) is 6.42 Å². The van der Waals surface area contributed by atoms with Crippen LogP contribution in [0.5, 0.6) is 0 Å². The molecule has 0 aromatic heterocycles. The maximum Gasteiger partial charge on any atom is 0.162 e. The zero-order chi connectivity index (χ0) is 12.0. The van der Waals surface area contributed by atoms with Crippen LogP contribution in [-0.2, 0) is 16.0 Å². The SMILES string of the molecule is NCCOCC(=O)Cc1ccc(F)cc1Br. The molecule has 1 rings (SSSR count). The second kappa shape index (κ2) is 6.73. The lowest BCUT2D eigenvalue weighted by Gasteiger charge is -2.04. The molecule has 0 bridgehead atoms. The van der Waals surface area contributed by atoms with Crippen molar-refractivity contribution in [2.24, 2.45) is 5.73 Å². The molecule has 0 radical (unpaired) electrons. The highest BCUT2D eigenvalue weighted by Gasteiger charge is 2.07. The highest BCUT2D eigenvalue weighted by Crippen LogP contribution is 2.18. The van der Waals surface area contributed by atoms with Gasteiger partial charge in [-0.3, -0.25) is 4.79 Å². The third-order valence-electron chi connectivity index (χ3n) is 1.93. The number of carbonyl (C=O) groups excluding carboxylic acids is 1. The lowest BCUT2D eigenvalue weighted by Crippen LogP contribution is -2.16. The van der Waals surface area contributed by atoms with Crippen LogP contribution in [-0.4, -0.2) is 25.5 Å². The predicted octanol–water partition coefficient (Wildman–Crippen LogP) is 1.68. The van der Waals surface area contributed by atoms with Crippen molar-refractivity contribution in [1.29, 1.82) is 0 Å². The predicted molar refractivity (Wildman–Crippen MR) is 62.7 cm³/mol. The Morgan fingerprint density at radius 3 is 2.88 bits per heavy atom. The van der Waals surface area contributed by atoms with Crippen LogP contribution in [0.2, 0.25) is 0 Å². The van der Waals surface area contributed by atoms with Gasteiger partial charge in [0.15, 0.2) is 5.78 Å². The third kappa shape index (κ3) is 4.38. The number of Topliss-reactive ketones (excluding diaryl/α,β-unsaturated/α-hetero) is 1. The van der Waals surface area contributed by atoms with Crippen LogP contribution < -0.4 is 5.73 Å². The van der Waals surface area contributed by atoms with Gasteiger partial charge in [0.2, 0.25) is 0 Å². The number of hydrogen-bond acceptors (Lipinski definition) is 3. The Hall–Kier alpha value is -0.780. The molecule has 1 aromatic rings. The maximum atomic E-state index is 12.8. The smallest absolute Gasteiger partial charge is 0.162 e. The number of nitrogens with two attached hydrogens (primary N) is 1. The van der Waals surface area contributed by atoms with Gasteiger partial charge < -0.3 is 10.5 Å². The molecule has 0 heterocycles. The van der Waals surface area contributed by atoms with E-state index in [1.54, 1.807) is 6.07 Å². The van der Waals surface area contributed by atoms with E-state index in [-0.39, 0.29) is 24.6 Å². The van der Waals surface area contributed by atoms with Crippen molar-refractivity contribution in [3.63, 3.8) is 0 Å². The fourth-order valence-electron chi connectivity index (χ4n) is 1.20. The lowest BCUT2D eigenvalue weighted by atomic mass is 10.1. The molecule has 0 fully saturated rings. The summed E-state index contributed by atoms with van der Waals surface area (Å²) in [7, 11) is 0. The molecule has 0 aliphatic rings. The van der Waals surface area contributed by atoms with E-state index in [0.29, 0.717) is 17.6 Å². The van der Waals surface area contributed by atoms with Gasteiger partial charge in [-0.2, -0.15) is 0 Å². The Balaban J connectivity index is 2.49. The second-order valence-electron chi connectivity index (χ2n) is 3.29. The summed E-state index contributed by atoms with van der Waals surface area (Å²) in [6.07, 6.45) is 0.228. The van der Waals surface area contributed by atoms with Gasteiger partial charge in [0.1, 0.15) is 12.4 Å². The summed E-state index contributed by atoms with van der Waals surface area (Å²) in [4.78, 5) is 11.4. The molecule has 88 valence electrons. The van der Waals surface area contributed by atoms with E-state index in [2.05, 4.69) is 15.9 Å². The van der Waals surface area contributed by atoms with Crippen LogP contribution in [0.15, 0.2) is 22.7 Å². The van der Waals surface area contributed by atoms with Gasteiger partial charge in [0.05, 0.1) is 6.61 Å². The number of ketones is 1. The van der Waals surface area contributed by atoms with Gasteiger partial charge in [-0.25, -0.2) is 4.39 Å². The minimum Gasteiger partial charge on any atom is -0.372 e. The molecule has 3 nitrogen and oxygen atoms in total. The van der Waals surface area contributed by atoms with E-state index in [1.165, 1.54) is 12.1 Å². The van der Waals surface area contributed by atoms with Crippen molar-refractivity contribution in [3.8, 4) is 0 Å². The normalized spacial score (nSPS) is 10.4. The molecule has 0 amide bonds. The van der Waals surface area contributed by atoms with Crippen LogP contribution in [0.4, 0.5) is 4.39 Å². The number of ether oxygens (including phenoxy) is 1. The van der Waals surface area contributed by atoms with Crippen LogP contribution in [0.3, 0.4) is 0 Å². The summed E-state index contributed by atoms with van der Waals surface area (Å²) in [5, 5.41) is 0. The Labute approximate surface area is 102 Å². The van der Waals surface area contributed by atoms with Gasteiger partial charge in [-0.05, 0) is 17.7 Å². The minimum atomic E-state index is -0.331. The fourth-order valence-corrected chi connectivity index (χ4v) is 1.69. The Kier molecular flexibility index (Phi) is 5.59. The quantitative estimate of drug-likeness (QED) is 0.811. The molecule has 0 atom stereocenters. The molecule has 5 heteroatoms. The Morgan fingerprint density at radius 2 is 2.25 bits per heavy atom. The molecule has 0 aliphatic carbocycles. The van der Waals surface area contributed by atoms with Crippen molar-refractivity contribution in [3.05, 3.63) is 34.1 Å². The number of halogens is 2. The van der Waals surface area contributed by atoms with E-state index in [4.69, 9.17) is 10.5 Å². The van der Waals surface area contributed by atoms with Gasteiger partial charge in [-0.1, -0.05) is 22.0 Å². The standard InChI is InChI=1S/C11H13BrFNO2/c12-11-6-9(13)2-1-8(11)5-10(15)7-16-4-3-14/h1-2,6H,3-5,7,14H2. The first kappa shape index (κ1) is 13.3. The van der Waals surface area contributed by atoms with E-state index >= 15 is 0 Å². The van der Waals surface area contributed by atoms with Gasteiger partial charge >= 0.3 is 0 Å². The largest absolute Gasteiger partial charge is 0.372 e. The van der Waals surface area contributed by atoms with Crippen LogP contribution in [0, 0.1) is 5.82 Å². The zero-order valence-electron chi connectivity index (χ0n) is 8.71. The zero-order valence-corrected chi connectivity index (χ0v) is 10.3. The molecule has 1 aromatic carbocycles. The molecule has 0 aliphatic heterocycles. The summed E-state index contributed by atoms with van der Waals surface area (Å²) in [5.41, 5.74) is 5.98. The Morgan fingerprint density at radius 1 is 1.50 bits per heavy atom. The first-order chi connectivity index (χ1) is 7.63. The first-order valence-corrected chi connectivity index (χ1v) is 5.66. The summed E-state index contributed by atoms with van der Waals surface area (Å²) >= 11 is 3.20. The van der Waals surface area contributed by atoms with Crippen LogP contribution in [0.1, 0.15) is 5.56 Å². The molecule has 0 spiro atoms. The lowest BCUT2D eigenvalue weighted by molar-refractivity contribution is -0.122. The molecule has 0 unspecified atom stereocenters. The topological polar surface area (TPSA) is 52.3 Å². The maximum absolute atomic E-state index is 12.8. The van der Waals surface area contributed by atoms with E-state index in [0.717, 1.165) is 5.56 Å². The molecule has 2 N–H and O–H groups in total. The highest BCUT2D eigenvalue weighted by atomic mass is 79.9. The number of rotatable bonds is 6. The van der Waals surface area contributed by atoms with Gasteiger partial charge in [-0.15, -0.1) is 0 Å². The molecule has 0 saturated heterocycles. The van der Waals surface area contributed by atoms with Gasteiger partial charge in [0.25, 0.3) is 0 Å². The van der Waals surface area contributed by atoms with Gasteiger partial charge in [0, 0.05) is 17.4 Å². The van der Waals surface area contributed by atoms with E-state index in [9.17, 15) is 9.18 Å². The average Bonchev–Trinajstić information content (AvgIpc) is 2.23. The van der Waals surface area contributed by atoms with Crippen molar-refractivity contribution in [2.75, 3.05) is 19.8 Å². The summed E-state index contributed by atoms with van der Waals surface area (Å²) in [6, 6.07) is 4.25. The molecular formula is C11H13BrFNO2. The molecular weight excluding hydrogens is 277 g/mol. The summed E-state index contributed by atoms with van der Waals surface area (Å²) in [5.74, 6) is -0.386. The summed E-state index contributed by atoms with van der Waals surface area (Å²) in [6.45, 7) is 0.810. The molecule has 0 saturated carbocycles. The minimum absolute atomic E-state index is 0.0427. The Bertz CT molecular complexity index is 371. The number of carbonyl (C=O) groups is 1. The summed E-state index contributed by atoms with van der Waals surface area (Å²) < 4.78 is 18.4. The van der Waals surface area contributed by atoms with Crippen LogP contribution in [0.25, 0.3) is 0 Å². The van der Waals surface area contributed by atoms with Crippen LogP contribution >= 0.6 is 15.9 Å². The third-order valence-corrected chi connectivity index (χ3v) is 2.67. The molecule has 16 heavy (non-hydrogen) atoms.